The van der Waals surface area contributed by atoms with Crippen LogP contribution in [0.4, 0.5) is 0 Å². The minimum atomic E-state index is -0.502. The van der Waals surface area contributed by atoms with Gasteiger partial charge in [0, 0.05) is 5.92 Å². The molecule has 0 heterocycles. The average Bonchev–Trinajstić information content (AvgIpc) is 2.79. The van der Waals surface area contributed by atoms with Gasteiger partial charge >= 0.3 is 0 Å². The lowest BCUT2D eigenvalue weighted by molar-refractivity contribution is -0.703. The van der Waals surface area contributed by atoms with E-state index in [1.807, 2.05) is 48.5 Å². The Bertz CT molecular complexity index is 699. The Kier molecular flexibility index (Phi) is 8.55. The fraction of sp³-hybridized carbons (Fsp3) is 0.520. The van der Waals surface area contributed by atoms with Crippen LogP contribution < -0.4 is 14.8 Å². The normalized spacial score (nSPS) is 20.2. The molecule has 1 saturated carbocycles. The Morgan fingerprint density at radius 3 is 1.93 bits per heavy atom. The van der Waals surface area contributed by atoms with E-state index in [9.17, 15) is 5.11 Å². The van der Waals surface area contributed by atoms with Crippen molar-refractivity contribution in [3.63, 3.8) is 0 Å². The SMILES string of the molecule is COc1ccc(C(OC[C@@H](O)C[NH2+][C@H]2CCCC[C@@H]2C)c2ccc(OC)cc2)cc1. The molecule has 0 spiro atoms. The van der Waals surface area contributed by atoms with Crippen molar-refractivity contribution >= 4 is 0 Å². The van der Waals surface area contributed by atoms with Gasteiger partial charge in [0.2, 0.25) is 0 Å². The molecule has 5 heteroatoms. The number of ether oxygens (including phenoxy) is 3. The van der Waals surface area contributed by atoms with Gasteiger partial charge in [-0.25, -0.2) is 0 Å². The zero-order valence-electron chi connectivity index (χ0n) is 18.4. The third kappa shape index (κ3) is 6.21. The molecule has 5 nitrogen and oxygen atoms in total. The van der Waals surface area contributed by atoms with E-state index in [0.717, 1.165) is 28.5 Å². The topological polar surface area (TPSA) is 64.5 Å². The molecule has 2 aromatic carbocycles. The van der Waals surface area contributed by atoms with E-state index in [1.165, 1.54) is 25.7 Å². The summed E-state index contributed by atoms with van der Waals surface area (Å²) in [5.41, 5.74) is 2.05. The van der Waals surface area contributed by atoms with Gasteiger partial charge in [-0.15, -0.1) is 0 Å². The van der Waals surface area contributed by atoms with Crippen LogP contribution in [0.1, 0.15) is 49.8 Å². The molecular weight excluding hydrogens is 378 g/mol. The molecule has 3 N–H and O–H groups in total. The second kappa shape index (κ2) is 11.3. The number of nitrogens with two attached hydrogens (primary N) is 1. The minimum absolute atomic E-state index is 0.259. The Labute approximate surface area is 180 Å². The molecule has 3 atom stereocenters. The number of aliphatic hydroxyl groups excluding tert-OH is 1. The molecule has 164 valence electrons. The van der Waals surface area contributed by atoms with Crippen molar-refractivity contribution in [2.75, 3.05) is 27.4 Å². The van der Waals surface area contributed by atoms with Crippen molar-refractivity contribution in [3.05, 3.63) is 59.7 Å². The molecule has 1 aliphatic carbocycles. The molecule has 1 fully saturated rings. The Hall–Kier alpha value is -2.08. The molecular formula is C25H36NO4+. The Morgan fingerprint density at radius 1 is 0.900 bits per heavy atom. The van der Waals surface area contributed by atoms with Gasteiger partial charge in [-0.05, 0) is 54.7 Å². The van der Waals surface area contributed by atoms with Crippen LogP contribution in [0.15, 0.2) is 48.5 Å². The predicted molar refractivity (Wildman–Crippen MR) is 118 cm³/mol. The van der Waals surface area contributed by atoms with E-state index in [0.29, 0.717) is 19.2 Å². The van der Waals surface area contributed by atoms with E-state index >= 15 is 0 Å². The van der Waals surface area contributed by atoms with Gasteiger partial charge in [-0.2, -0.15) is 0 Å². The molecule has 0 radical (unpaired) electrons. The maximum atomic E-state index is 10.6. The van der Waals surface area contributed by atoms with Crippen molar-refractivity contribution in [1.29, 1.82) is 0 Å². The largest absolute Gasteiger partial charge is 0.497 e. The first-order chi connectivity index (χ1) is 14.6. The number of aliphatic hydroxyl groups is 1. The molecule has 30 heavy (non-hydrogen) atoms. The highest BCUT2D eigenvalue weighted by atomic mass is 16.5. The summed E-state index contributed by atoms with van der Waals surface area (Å²) in [4.78, 5) is 0. The minimum Gasteiger partial charge on any atom is -0.497 e. The van der Waals surface area contributed by atoms with Crippen LogP contribution in [-0.2, 0) is 4.74 Å². The van der Waals surface area contributed by atoms with Crippen molar-refractivity contribution in [1.82, 2.24) is 0 Å². The van der Waals surface area contributed by atoms with Crippen LogP contribution in [0.5, 0.6) is 11.5 Å². The highest BCUT2D eigenvalue weighted by molar-refractivity contribution is 5.36. The summed E-state index contributed by atoms with van der Waals surface area (Å²) in [6, 6.07) is 16.4. The van der Waals surface area contributed by atoms with Crippen LogP contribution in [0.3, 0.4) is 0 Å². The van der Waals surface area contributed by atoms with Gasteiger partial charge in [0.25, 0.3) is 0 Å². The highest BCUT2D eigenvalue weighted by Gasteiger charge is 2.25. The fourth-order valence-corrected chi connectivity index (χ4v) is 4.24. The lowest BCUT2D eigenvalue weighted by Gasteiger charge is -2.27. The summed E-state index contributed by atoms with van der Waals surface area (Å²) in [5, 5.41) is 12.9. The van der Waals surface area contributed by atoms with Crippen LogP contribution in [0, 0.1) is 5.92 Å². The summed E-state index contributed by atoms with van der Waals surface area (Å²) in [6.45, 7) is 3.29. The summed E-state index contributed by atoms with van der Waals surface area (Å²) in [6.07, 6.45) is 4.42. The average molecular weight is 415 g/mol. The zero-order valence-corrected chi connectivity index (χ0v) is 18.4. The van der Waals surface area contributed by atoms with Crippen LogP contribution >= 0.6 is 0 Å². The number of rotatable bonds is 10. The number of methoxy groups -OCH3 is 2. The third-order valence-corrected chi connectivity index (χ3v) is 6.18. The maximum absolute atomic E-state index is 10.6. The maximum Gasteiger partial charge on any atom is 0.126 e. The molecule has 0 saturated heterocycles. The lowest BCUT2D eigenvalue weighted by Crippen LogP contribution is -2.93. The first kappa shape index (κ1) is 22.6. The quantitative estimate of drug-likeness (QED) is 0.626. The van der Waals surface area contributed by atoms with Gasteiger partial charge < -0.3 is 24.6 Å². The van der Waals surface area contributed by atoms with Crippen molar-refractivity contribution in [2.24, 2.45) is 5.92 Å². The summed E-state index contributed by atoms with van der Waals surface area (Å²) in [5.74, 6) is 2.34. The Morgan fingerprint density at radius 2 is 1.43 bits per heavy atom. The predicted octanol–water partition coefficient (Wildman–Crippen LogP) is 3.31. The number of hydrogen-bond acceptors (Lipinski definition) is 4. The highest BCUT2D eigenvalue weighted by Crippen LogP contribution is 2.29. The van der Waals surface area contributed by atoms with Gasteiger partial charge in [0.05, 0.1) is 26.9 Å². The van der Waals surface area contributed by atoms with E-state index in [2.05, 4.69) is 12.2 Å². The van der Waals surface area contributed by atoms with Crippen molar-refractivity contribution in [3.8, 4) is 11.5 Å². The monoisotopic (exact) mass is 414 g/mol. The van der Waals surface area contributed by atoms with Crippen molar-refractivity contribution in [2.45, 2.75) is 50.9 Å². The molecule has 0 aliphatic heterocycles. The summed E-state index contributed by atoms with van der Waals surface area (Å²) < 4.78 is 16.8. The van der Waals surface area contributed by atoms with Crippen molar-refractivity contribution < 1.29 is 24.6 Å². The van der Waals surface area contributed by atoms with Crippen LogP contribution in [0.2, 0.25) is 0 Å². The molecule has 0 amide bonds. The van der Waals surface area contributed by atoms with Crippen LogP contribution in [-0.4, -0.2) is 44.6 Å². The molecule has 3 rings (SSSR count). The van der Waals surface area contributed by atoms with Gasteiger partial charge in [-0.3, -0.25) is 0 Å². The second-order valence-electron chi connectivity index (χ2n) is 8.31. The smallest absolute Gasteiger partial charge is 0.126 e. The second-order valence-corrected chi connectivity index (χ2v) is 8.31. The molecule has 0 aromatic heterocycles. The van der Waals surface area contributed by atoms with Gasteiger partial charge in [0.1, 0.15) is 30.3 Å². The Balaban J connectivity index is 1.63. The van der Waals surface area contributed by atoms with E-state index in [4.69, 9.17) is 14.2 Å². The number of benzene rings is 2. The fourth-order valence-electron chi connectivity index (χ4n) is 4.24. The van der Waals surface area contributed by atoms with Gasteiger partial charge in [0.15, 0.2) is 0 Å². The lowest BCUT2D eigenvalue weighted by atomic mass is 9.86. The summed E-state index contributed by atoms with van der Waals surface area (Å²) in [7, 11) is 3.32. The molecule has 1 aliphatic rings. The first-order valence-corrected chi connectivity index (χ1v) is 11.0. The zero-order chi connectivity index (χ0) is 21.3. The molecule has 2 aromatic rings. The van der Waals surface area contributed by atoms with E-state index in [1.54, 1.807) is 14.2 Å². The molecule has 0 bridgehead atoms. The number of hydrogen-bond donors (Lipinski definition) is 2. The third-order valence-electron chi connectivity index (χ3n) is 6.18. The molecule has 0 unspecified atom stereocenters. The summed E-state index contributed by atoms with van der Waals surface area (Å²) >= 11 is 0. The standard InChI is InChI=1S/C25H35NO4/c1-18-6-4-5-7-24(18)26-16-21(27)17-30-25(19-8-12-22(28-2)13-9-19)20-10-14-23(29-3)15-11-20/h8-15,18,21,24-27H,4-7,16-17H2,1-3H3/p+1/t18-,21-,24-/m0/s1. The van der Waals surface area contributed by atoms with E-state index < -0.39 is 6.10 Å². The first-order valence-electron chi connectivity index (χ1n) is 11.0. The van der Waals surface area contributed by atoms with Crippen LogP contribution in [0.25, 0.3) is 0 Å². The number of quaternary nitrogens is 1. The van der Waals surface area contributed by atoms with Gasteiger partial charge in [-0.1, -0.05) is 37.6 Å². The van der Waals surface area contributed by atoms with E-state index in [-0.39, 0.29) is 6.10 Å².